The van der Waals surface area contributed by atoms with E-state index in [1.165, 1.54) is 12.1 Å². The molecule has 2 rings (SSSR count). The molecule has 94 valence electrons. The molecule has 0 aromatic heterocycles. The van der Waals surface area contributed by atoms with Gasteiger partial charge < -0.3 is 10.1 Å². The summed E-state index contributed by atoms with van der Waals surface area (Å²) in [7, 11) is 1.71. The number of hydrogen-bond donors (Lipinski definition) is 1. The molecule has 1 aliphatic rings. The van der Waals surface area contributed by atoms with Crippen LogP contribution in [-0.2, 0) is 11.3 Å². The van der Waals surface area contributed by atoms with Crippen LogP contribution in [0.5, 0.6) is 0 Å². The molecule has 4 heteroatoms. The first-order valence-corrected chi connectivity index (χ1v) is 5.89. The molecule has 0 heterocycles. The van der Waals surface area contributed by atoms with Crippen molar-refractivity contribution in [3.8, 4) is 0 Å². The van der Waals surface area contributed by atoms with E-state index in [-0.39, 0.29) is 0 Å². The number of benzene rings is 1. The molecule has 1 aromatic carbocycles. The van der Waals surface area contributed by atoms with E-state index in [0.29, 0.717) is 24.3 Å². The van der Waals surface area contributed by atoms with E-state index in [4.69, 9.17) is 4.74 Å². The van der Waals surface area contributed by atoms with E-state index in [2.05, 4.69) is 5.32 Å². The molecule has 17 heavy (non-hydrogen) atoms. The molecule has 1 saturated carbocycles. The smallest absolute Gasteiger partial charge is 0.130 e. The second-order valence-corrected chi connectivity index (χ2v) is 4.48. The van der Waals surface area contributed by atoms with Crippen molar-refractivity contribution in [2.45, 2.75) is 38.0 Å². The van der Waals surface area contributed by atoms with Crippen molar-refractivity contribution in [2.75, 3.05) is 7.11 Å². The molecule has 0 saturated heterocycles. The molecule has 1 fully saturated rings. The predicted octanol–water partition coefficient (Wildman–Crippen LogP) is 2.62. The third-order valence-corrected chi connectivity index (χ3v) is 3.31. The molecule has 2 nitrogen and oxygen atoms in total. The normalized spacial score (nSPS) is 24.2. The van der Waals surface area contributed by atoms with E-state index in [0.717, 1.165) is 25.3 Å². The highest BCUT2D eigenvalue weighted by atomic mass is 19.1. The average Bonchev–Trinajstić information content (AvgIpc) is 2.76. The number of rotatable bonds is 4. The second-order valence-electron chi connectivity index (χ2n) is 4.48. The summed E-state index contributed by atoms with van der Waals surface area (Å²) in [6.45, 7) is 0.438. The van der Waals surface area contributed by atoms with Crippen LogP contribution in [0.25, 0.3) is 0 Å². The fourth-order valence-corrected chi connectivity index (χ4v) is 2.26. The largest absolute Gasteiger partial charge is 0.381 e. The zero-order valence-corrected chi connectivity index (χ0v) is 9.88. The Morgan fingerprint density at radius 3 is 2.82 bits per heavy atom. The first-order chi connectivity index (χ1) is 8.19. The van der Waals surface area contributed by atoms with Gasteiger partial charge in [0.1, 0.15) is 11.6 Å². The molecule has 1 aliphatic carbocycles. The lowest BCUT2D eigenvalue weighted by Gasteiger charge is -2.13. The van der Waals surface area contributed by atoms with Gasteiger partial charge in [0, 0.05) is 31.3 Å². The Morgan fingerprint density at radius 2 is 2.18 bits per heavy atom. The minimum absolute atomic E-state index is 0.311. The van der Waals surface area contributed by atoms with Gasteiger partial charge in [-0.15, -0.1) is 0 Å². The van der Waals surface area contributed by atoms with Crippen molar-refractivity contribution in [2.24, 2.45) is 0 Å². The highest BCUT2D eigenvalue weighted by molar-refractivity contribution is 5.18. The fraction of sp³-hybridized carbons (Fsp3) is 0.538. The third kappa shape index (κ3) is 3.23. The summed E-state index contributed by atoms with van der Waals surface area (Å²) in [6.07, 6.45) is 3.35. The van der Waals surface area contributed by atoms with E-state index in [9.17, 15) is 8.78 Å². The maximum Gasteiger partial charge on any atom is 0.130 e. The number of methoxy groups -OCH3 is 1. The first-order valence-electron chi connectivity index (χ1n) is 5.89. The van der Waals surface area contributed by atoms with Crippen molar-refractivity contribution >= 4 is 0 Å². The standard InChI is InChI=1S/C13H17F2NO/c1-17-12-5-4-11(7-12)16-8-9-2-3-10(14)6-13(9)15/h2-3,6,11-12,16H,4-5,7-8H2,1H3. The van der Waals surface area contributed by atoms with Crippen molar-refractivity contribution in [1.82, 2.24) is 5.32 Å². The van der Waals surface area contributed by atoms with Gasteiger partial charge in [0.2, 0.25) is 0 Å². The van der Waals surface area contributed by atoms with E-state index in [1.54, 1.807) is 7.11 Å². The van der Waals surface area contributed by atoms with Gasteiger partial charge in [-0.05, 0) is 25.3 Å². The van der Waals surface area contributed by atoms with Crippen LogP contribution in [-0.4, -0.2) is 19.3 Å². The molecule has 0 spiro atoms. The summed E-state index contributed by atoms with van der Waals surface area (Å²) in [5.74, 6) is -1.02. The van der Waals surface area contributed by atoms with Crippen LogP contribution in [0, 0.1) is 11.6 Å². The Labute approximate surface area is 100.0 Å². The van der Waals surface area contributed by atoms with Crippen LogP contribution < -0.4 is 5.32 Å². The Hall–Kier alpha value is -1.00. The Kier molecular flexibility index (Phi) is 4.07. The minimum Gasteiger partial charge on any atom is -0.381 e. The van der Waals surface area contributed by atoms with Crippen molar-refractivity contribution in [1.29, 1.82) is 0 Å². The summed E-state index contributed by atoms with van der Waals surface area (Å²) in [5.41, 5.74) is 0.507. The van der Waals surface area contributed by atoms with Gasteiger partial charge in [0.15, 0.2) is 0 Å². The Bertz CT molecular complexity index is 384. The molecule has 0 bridgehead atoms. The van der Waals surface area contributed by atoms with E-state index < -0.39 is 11.6 Å². The molecular formula is C13H17F2NO. The lowest BCUT2D eigenvalue weighted by molar-refractivity contribution is 0.107. The SMILES string of the molecule is COC1CCC(NCc2ccc(F)cc2F)C1. The van der Waals surface area contributed by atoms with Crippen LogP contribution in [0.2, 0.25) is 0 Å². The van der Waals surface area contributed by atoms with E-state index in [1.807, 2.05) is 0 Å². The quantitative estimate of drug-likeness (QED) is 0.875. The van der Waals surface area contributed by atoms with Crippen molar-refractivity contribution in [3.05, 3.63) is 35.4 Å². The van der Waals surface area contributed by atoms with Crippen LogP contribution in [0.4, 0.5) is 8.78 Å². The zero-order chi connectivity index (χ0) is 12.3. The van der Waals surface area contributed by atoms with Crippen molar-refractivity contribution < 1.29 is 13.5 Å². The monoisotopic (exact) mass is 241 g/mol. The summed E-state index contributed by atoms with van der Waals surface area (Å²) >= 11 is 0. The van der Waals surface area contributed by atoms with Gasteiger partial charge in [0.05, 0.1) is 6.10 Å². The molecule has 2 atom stereocenters. The highest BCUT2D eigenvalue weighted by Gasteiger charge is 2.23. The molecule has 2 unspecified atom stereocenters. The molecule has 0 amide bonds. The average molecular weight is 241 g/mol. The zero-order valence-electron chi connectivity index (χ0n) is 9.88. The molecular weight excluding hydrogens is 224 g/mol. The minimum atomic E-state index is -0.536. The second kappa shape index (κ2) is 5.56. The predicted molar refractivity (Wildman–Crippen MR) is 61.6 cm³/mol. The number of ether oxygens (including phenoxy) is 1. The number of hydrogen-bond acceptors (Lipinski definition) is 2. The topological polar surface area (TPSA) is 21.3 Å². The molecule has 0 radical (unpaired) electrons. The fourth-order valence-electron chi connectivity index (χ4n) is 2.26. The maximum atomic E-state index is 13.4. The third-order valence-electron chi connectivity index (χ3n) is 3.31. The molecule has 0 aliphatic heterocycles. The van der Waals surface area contributed by atoms with Gasteiger partial charge >= 0.3 is 0 Å². The number of halogens is 2. The number of nitrogens with one attached hydrogen (secondary N) is 1. The Morgan fingerprint density at radius 1 is 1.35 bits per heavy atom. The van der Waals surface area contributed by atoms with Gasteiger partial charge in [-0.2, -0.15) is 0 Å². The van der Waals surface area contributed by atoms with Gasteiger partial charge in [-0.3, -0.25) is 0 Å². The highest BCUT2D eigenvalue weighted by Crippen LogP contribution is 2.22. The molecule has 1 N–H and O–H groups in total. The van der Waals surface area contributed by atoms with Crippen molar-refractivity contribution in [3.63, 3.8) is 0 Å². The summed E-state index contributed by atoms with van der Waals surface area (Å²) in [4.78, 5) is 0. The van der Waals surface area contributed by atoms with E-state index >= 15 is 0 Å². The summed E-state index contributed by atoms with van der Waals surface area (Å²) in [6, 6.07) is 4.06. The first kappa shape index (κ1) is 12.5. The van der Waals surface area contributed by atoms with Gasteiger partial charge in [0.25, 0.3) is 0 Å². The van der Waals surface area contributed by atoms with Gasteiger partial charge in [-0.25, -0.2) is 8.78 Å². The van der Waals surface area contributed by atoms with Crippen LogP contribution in [0.1, 0.15) is 24.8 Å². The molecule has 1 aromatic rings. The lowest BCUT2D eigenvalue weighted by atomic mass is 10.2. The van der Waals surface area contributed by atoms with Crippen LogP contribution in [0.15, 0.2) is 18.2 Å². The Balaban J connectivity index is 1.86. The summed E-state index contributed by atoms with van der Waals surface area (Å²) < 4.78 is 31.3. The lowest BCUT2D eigenvalue weighted by Crippen LogP contribution is -2.27. The summed E-state index contributed by atoms with van der Waals surface area (Å²) in [5, 5.41) is 3.28. The van der Waals surface area contributed by atoms with Crippen LogP contribution in [0.3, 0.4) is 0 Å². The van der Waals surface area contributed by atoms with Crippen LogP contribution >= 0.6 is 0 Å². The van der Waals surface area contributed by atoms with Gasteiger partial charge in [-0.1, -0.05) is 6.07 Å². The maximum absolute atomic E-state index is 13.4.